The summed E-state index contributed by atoms with van der Waals surface area (Å²) in [6.45, 7) is 2.92. The molecule has 2 fully saturated rings. The number of benzene rings is 1. The van der Waals surface area contributed by atoms with Gasteiger partial charge in [-0.05, 0) is 5.56 Å². The number of nitrogens with two attached hydrogens (primary N) is 2. The van der Waals surface area contributed by atoms with Crippen molar-refractivity contribution in [3.8, 4) is 0 Å². The molecule has 1 aromatic carbocycles. The molecule has 0 aliphatic carbocycles. The van der Waals surface area contributed by atoms with Crippen LogP contribution in [0.2, 0.25) is 0 Å². The summed E-state index contributed by atoms with van der Waals surface area (Å²) in [5.41, 5.74) is 13.3. The van der Waals surface area contributed by atoms with Crippen molar-refractivity contribution in [2.75, 3.05) is 32.0 Å². The normalized spacial score (nSPS) is 26.8. The second-order valence-corrected chi connectivity index (χ2v) is 18.4. The van der Waals surface area contributed by atoms with Gasteiger partial charge in [0.1, 0.15) is 18.3 Å². The first kappa shape index (κ1) is 42.9. The van der Waals surface area contributed by atoms with Gasteiger partial charge in [0, 0.05) is 13.1 Å². The molecule has 3 aliphatic heterocycles. The number of nitrogens with zero attached hydrogens (tertiary/aromatic N) is 7. The standard InChI is InChI=1S/C30H40N11O15P3/c1-16-21-25(34-29(31)33-16)41(15-37(21)2)28-24(43)23(42)19(54-28)13-52-58(47,48)56-59(49,50)55-57(45,46)51-12-18-10-39(9-17-7-5-4-6-8-17)11-20(53-18)40-14-38(3)22-26(40)35-30(32)36-27(22)44/h4-8,14-15,18-20,23-24,28,42-43H,1,9-13H2,2-3H3,(H7-2,31,32,33,34,35,36,44,45,46,47,48,49,50)/p+2/t18-,19?,20?,23+,24+,28+/m0/s1. The Hall–Kier alpha value is -4.20. The first-order valence-corrected chi connectivity index (χ1v) is 22.0. The third kappa shape index (κ3) is 9.42. The lowest BCUT2D eigenvalue weighted by Gasteiger charge is -2.37. The molecule has 320 valence electrons. The Morgan fingerprint density at radius 2 is 1.59 bits per heavy atom. The largest absolute Gasteiger partial charge is 0.490 e. The van der Waals surface area contributed by atoms with E-state index in [4.69, 9.17) is 30.0 Å². The number of anilines is 1. The number of nitrogen functional groups attached to an aromatic ring is 1. The number of aliphatic imine (C=N–C) groups is 1. The molecule has 0 radical (unpaired) electrons. The highest BCUT2D eigenvalue weighted by Gasteiger charge is 2.50. The molecule has 0 saturated carbocycles. The number of aryl methyl sites for hydroxylation is 2. The fourth-order valence-electron chi connectivity index (χ4n) is 6.93. The van der Waals surface area contributed by atoms with Crippen molar-refractivity contribution >= 4 is 58.1 Å². The zero-order valence-electron chi connectivity index (χ0n) is 31.2. The van der Waals surface area contributed by atoms with Gasteiger partial charge < -0.3 is 51.2 Å². The molecular formula is C30H42N11O15P3+2. The van der Waals surface area contributed by atoms with Gasteiger partial charge in [-0.2, -0.15) is 8.62 Å². The minimum Gasteiger partial charge on any atom is -0.387 e. The SMILES string of the molecule is C=C1NC(N)=Nc2c1n(C)c[n+]2[C@@H]1OC(COP(=O)(O)OP(=O)(O)OP(=O)(O)OC[C@@H]2CN(Cc3ccccc3)CC([n+]3cn(C)c4c(=O)[nH]c(N)nc43)O2)[C@@H](O)[C@H]1O. The van der Waals surface area contributed by atoms with E-state index >= 15 is 0 Å². The Morgan fingerprint density at radius 3 is 2.29 bits per heavy atom. The number of morpholine rings is 1. The van der Waals surface area contributed by atoms with Gasteiger partial charge in [0.15, 0.2) is 24.6 Å². The molecular weight excluding hydrogens is 847 g/mol. The van der Waals surface area contributed by atoms with Crippen LogP contribution in [-0.4, -0.2) is 106 Å². The number of imidazole rings is 2. The molecule has 11 N–H and O–H groups in total. The molecule has 59 heavy (non-hydrogen) atoms. The summed E-state index contributed by atoms with van der Waals surface area (Å²) in [5.74, 6) is 0.0549. The van der Waals surface area contributed by atoms with Crippen molar-refractivity contribution in [2.24, 2.45) is 24.8 Å². The lowest BCUT2D eigenvalue weighted by molar-refractivity contribution is -0.754. The van der Waals surface area contributed by atoms with E-state index in [-0.39, 0.29) is 42.0 Å². The lowest BCUT2D eigenvalue weighted by Crippen LogP contribution is -2.55. The average Bonchev–Trinajstić information content (AvgIpc) is 3.75. The monoisotopic (exact) mass is 889 g/mol. The van der Waals surface area contributed by atoms with Crippen molar-refractivity contribution in [3.63, 3.8) is 0 Å². The molecule has 29 heteroatoms. The summed E-state index contributed by atoms with van der Waals surface area (Å²) in [7, 11) is -13.8. The maximum absolute atomic E-state index is 12.9. The molecule has 0 amide bonds. The van der Waals surface area contributed by atoms with E-state index in [1.54, 1.807) is 29.6 Å². The number of phosphoric acid groups is 3. The second-order valence-electron chi connectivity index (χ2n) is 13.8. The van der Waals surface area contributed by atoms with Gasteiger partial charge in [-0.3, -0.25) is 32.9 Å². The quantitative estimate of drug-likeness (QED) is 0.0506. The number of rotatable bonds is 14. The molecule has 9 atom stereocenters. The van der Waals surface area contributed by atoms with Gasteiger partial charge in [-0.25, -0.2) is 22.8 Å². The number of fused-ring (bicyclic) bond motifs is 2. The topological polar surface area (TPSA) is 351 Å². The van der Waals surface area contributed by atoms with Gasteiger partial charge in [0.2, 0.25) is 11.7 Å². The lowest BCUT2D eigenvalue weighted by atomic mass is 10.1. The predicted molar refractivity (Wildman–Crippen MR) is 200 cm³/mol. The number of hydrogen-bond acceptors (Lipinski definition) is 18. The highest BCUT2D eigenvalue weighted by atomic mass is 31.3. The summed E-state index contributed by atoms with van der Waals surface area (Å²) >= 11 is 0. The third-order valence-corrected chi connectivity index (χ3v) is 13.6. The molecule has 26 nitrogen and oxygen atoms in total. The van der Waals surface area contributed by atoms with Crippen LogP contribution in [0.1, 0.15) is 23.7 Å². The van der Waals surface area contributed by atoms with Crippen LogP contribution in [0.25, 0.3) is 16.9 Å². The van der Waals surface area contributed by atoms with Crippen LogP contribution in [0, 0.1) is 0 Å². The molecule has 2 saturated heterocycles. The number of aliphatic hydroxyl groups excluding tert-OH is 2. The number of phosphoric ester groups is 2. The summed E-state index contributed by atoms with van der Waals surface area (Å²) in [6.07, 6.45) is -5.03. The Morgan fingerprint density at radius 1 is 0.932 bits per heavy atom. The Kier molecular flexibility index (Phi) is 11.9. The first-order valence-electron chi connectivity index (χ1n) is 17.5. The third-order valence-electron chi connectivity index (χ3n) is 9.32. The van der Waals surface area contributed by atoms with Crippen LogP contribution in [0.5, 0.6) is 0 Å². The van der Waals surface area contributed by atoms with E-state index in [1.165, 1.54) is 15.5 Å². The summed E-state index contributed by atoms with van der Waals surface area (Å²) in [6, 6.07) is 9.33. The first-order chi connectivity index (χ1) is 27.7. The van der Waals surface area contributed by atoms with Crippen LogP contribution in [0.15, 0.2) is 59.4 Å². The van der Waals surface area contributed by atoms with Gasteiger partial charge in [-0.15, -0.1) is 0 Å². The molecule has 7 rings (SSSR count). The number of hydrogen-bond donors (Lipinski definition) is 9. The second kappa shape index (κ2) is 16.3. The van der Waals surface area contributed by atoms with Crippen LogP contribution in [-0.2, 0) is 61.5 Å². The maximum atomic E-state index is 12.9. The fraction of sp³-hybridized carbons (Fsp3) is 0.433. The summed E-state index contributed by atoms with van der Waals surface area (Å²) in [4.78, 5) is 56.4. The number of aromatic nitrogens is 6. The minimum atomic E-state index is -5.92. The van der Waals surface area contributed by atoms with E-state index in [9.17, 15) is 43.4 Å². The average molecular weight is 890 g/mol. The van der Waals surface area contributed by atoms with E-state index in [1.807, 2.05) is 35.2 Å². The van der Waals surface area contributed by atoms with Crippen LogP contribution >= 0.6 is 23.5 Å². The molecule has 4 aromatic rings. The van der Waals surface area contributed by atoms with Crippen molar-refractivity contribution in [3.05, 3.63) is 71.2 Å². The maximum Gasteiger partial charge on any atom is 0.490 e. The van der Waals surface area contributed by atoms with E-state index in [0.29, 0.717) is 17.9 Å². The Bertz CT molecular complexity index is 2500. The molecule has 3 aliphatic rings. The zero-order valence-corrected chi connectivity index (χ0v) is 33.9. The number of ether oxygens (including phenoxy) is 2. The zero-order chi connectivity index (χ0) is 42.6. The van der Waals surface area contributed by atoms with Crippen LogP contribution in [0.3, 0.4) is 0 Å². The number of aromatic amines is 1. The molecule has 5 unspecified atom stereocenters. The number of aliphatic hydroxyl groups is 2. The molecule has 6 heterocycles. The van der Waals surface area contributed by atoms with Crippen molar-refractivity contribution in [2.45, 2.75) is 43.4 Å². The summed E-state index contributed by atoms with van der Waals surface area (Å²) in [5, 5.41) is 24.2. The highest BCUT2D eigenvalue weighted by Crippen LogP contribution is 2.67. The van der Waals surface area contributed by atoms with Gasteiger partial charge in [-0.1, -0.05) is 46.9 Å². The van der Waals surface area contributed by atoms with Crippen molar-refractivity contribution in [1.82, 2.24) is 29.3 Å². The smallest absolute Gasteiger partial charge is 0.387 e. The highest BCUT2D eigenvalue weighted by molar-refractivity contribution is 7.66. The Labute approximate surface area is 333 Å². The number of H-pyrrole nitrogens is 1. The van der Waals surface area contributed by atoms with Crippen molar-refractivity contribution < 1.29 is 74.9 Å². The van der Waals surface area contributed by atoms with E-state index in [0.717, 1.165) is 5.56 Å². The minimum absolute atomic E-state index is 0.0107. The van der Waals surface area contributed by atoms with Gasteiger partial charge in [0.05, 0.1) is 45.7 Å². The molecule has 0 bridgehead atoms. The van der Waals surface area contributed by atoms with E-state index in [2.05, 4.69) is 35.5 Å². The predicted octanol–water partition coefficient (Wildman–Crippen LogP) is -1.64. The van der Waals surface area contributed by atoms with Gasteiger partial charge >= 0.3 is 34.9 Å². The molecule has 3 aromatic heterocycles. The number of nitrogens with one attached hydrogen (secondary N) is 2. The summed E-state index contributed by atoms with van der Waals surface area (Å²) < 4.78 is 74.6. The number of guanidine groups is 1. The fourth-order valence-corrected chi connectivity index (χ4v) is 10.5. The van der Waals surface area contributed by atoms with Crippen LogP contribution in [0.4, 0.5) is 11.8 Å². The van der Waals surface area contributed by atoms with Crippen LogP contribution < -0.4 is 31.5 Å². The van der Waals surface area contributed by atoms with Gasteiger partial charge in [0.25, 0.3) is 17.5 Å². The molecule has 0 spiro atoms. The Balaban J connectivity index is 0.982. The van der Waals surface area contributed by atoms with Crippen molar-refractivity contribution in [1.29, 1.82) is 0 Å². The van der Waals surface area contributed by atoms with E-state index < -0.39 is 79.1 Å².